The molecule has 0 atom stereocenters. The highest BCUT2D eigenvalue weighted by molar-refractivity contribution is 9.10. The third-order valence-corrected chi connectivity index (χ3v) is 3.20. The second kappa shape index (κ2) is 3.52. The molecule has 16 heavy (non-hydrogen) atoms. The molecule has 2 rings (SSSR count). The Morgan fingerprint density at radius 1 is 1.44 bits per heavy atom. The molecule has 0 radical (unpaired) electrons. The molecular formula is C7HBrF4N2OS. The van der Waals surface area contributed by atoms with Crippen molar-refractivity contribution in [2.45, 2.75) is 6.18 Å². The van der Waals surface area contributed by atoms with Crippen LogP contribution in [0, 0.1) is 5.13 Å². The van der Waals surface area contributed by atoms with Crippen LogP contribution in [0.15, 0.2) is 15.5 Å². The van der Waals surface area contributed by atoms with E-state index in [-0.39, 0.29) is 4.96 Å². The first kappa shape index (κ1) is 11.5. The Morgan fingerprint density at radius 2 is 2.06 bits per heavy atom. The third-order valence-electron chi connectivity index (χ3n) is 1.72. The Morgan fingerprint density at radius 3 is 2.62 bits per heavy atom. The molecule has 0 bridgehead atoms. The molecule has 0 aromatic carbocycles. The molecule has 0 fully saturated rings. The van der Waals surface area contributed by atoms with Crippen molar-refractivity contribution in [3.8, 4) is 0 Å². The van der Waals surface area contributed by atoms with Gasteiger partial charge in [0.25, 0.3) is 5.56 Å². The summed E-state index contributed by atoms with van der Waals surface area (Å²) in [5.41, 5.74) is -2.34. The van der Waals surface area contributed by atoms with Gasteiger partial charge in [0, 0.05) is 0 Å². The molecule has 3 nitrogen and oxygen atoms in total. The van der Waals surface area contributed by atoms with Gasteiger partial charge >= 0.3 is 6.18 Å². The number of hydrogen-bond acceptors (Lipinski definition) is 3. The lowest BCUT2D eigenvalue weighted by atomic mass is 10.4. The predicted octanol–water partition coefficient (Wildman–Crippen LogP) is 2.68. The van der Waals surface area contributed by atoms with Gasteiger partial charge < -0.3 is 0 Å². The number of aromatic nitrogens is 2. The van der Waals surface area contributed by atoms with E-state index in [1.54, 1.807) is 0 Å². The number of hydrogen-bond donors (Lipinski definition) is 0. The number of halogens is 5. The minimum atomic E-state index is -4.76. The summed E-state index contributed by atoms with van der Waals surface area (Å²) in [6.07, 6.45) is -3.96. The predicted molar refractivity (Wildman–Crippen MR) is 52.0 cm³/mol. The number of nitrogens with zero attached hydrogens (tertiary/aromatic N) is 2. The van der Waals surface area contributed by atoms with E-state index in [0.717, 1.165) is 10.6 Å². The first-order valence-electron chi connectivity index (χ1n) is 3.75. The zero-order valence-corrected chi connectivity index (χ0v) is 9.58. The maximum atomic E-state index is 12.8. The van der Waals surface area contributed by atoms with E-state index < -0.39 is 27.0 Å². The smallest absolute Gasteiger partial charge is 0.268 e. The maximum absolute atomic E-state index is 12.8. The fraction of sp³-hybridized carbons (Fsp3) is 0.143. The Labute approximate surface area is 97.5 Å². The molecule has 0 amide bonds. The van der Waals surface area contributed by atoms with Gasteiger partial charge in [-0.1, -0.05) is 11.3 Å². The van der Waals surface area contributed by atoms with Gasteiger partial charge in [-0.15, -0.1) is 0 Å². The summed E-state index contributed by atoms with van der Waals surface area (Å²) >= 11 is 2.88. The van der Waals surface area contributed by atoms with Crippen LogP contribution in [0.4, 0.5) is 17.6 Å². The molecule has 2 heterocycles. The molecule has 86 valence electrons. The van der Waals surface area contributed by atoms with E-state index in [4.69, 9.17) is 0 Å². The van der Waals surface area contributed by atoms with Crippen molar-refractivity contribution in [1.29, 1.82) is 0 Å². The molecule has 9 heteroatoms. The van der Waals surface area contributed by atoms with Gasteiger partial charge in [-0.2, -0.15) is 17.6 Å². The monoisotopic (exact) mass is 316 g/mol. The van der Waals surface area contributed by atoms with Crippen molar-refractivity contribution in [3.05, 3.63) is 31.8 Å². The molecule has 0 N–H and O–H groups in total. The van der Waals surface area contributed by atoms with Crippen LogP contribution in [0.1, 0.15) is 5.69 Å². The van der Waals surface area contributed by atoms with Gasteiger partial charge in [-0.05, 0) is 15.9 Å². The van der Waals surface area contributed by atoms with Gasteiger partial charge in [0.2, 0.25) is 0 Å². The van der Waals surface area contributed by atoms with E-state index >= 15 is 0 Å². The lowest BCUT2D eigenvalue weighted by molar-refractivity contribution is -0.141. The van der Waals surface area contributed by atoms with Crippen molar-refractivity contribution in [1.82, 2.24) is 9.38 Å². The van der Waals surface area contributed by atoms with Gasteiger partial charge in [0.15, 0.2) is 15.8 Å². The third kappa shape index (κ3) is 1.73. The number of rotatable bonds is 0. The molecule has 0 unspecified atom stereocenters. The van der Waals surface area contributed by atoms with E-state index in [0.29, 0.717) is 11.3 Å². The zero-order chi connectivity index (χ0) is 12.1. The largest absolute Gasteiger partial charge is 0.434 e. The van der Waals surface area contributed by atoms with Crippen LogP contribution in [0.25, 0.3) is 4.96 Å². The van der Waals surface area contributed by atoms with E-state index in [9.17, 15) is 22.4 Å². The first-order chi connectivity index (χ1) is 7.30. The summed E-state index contributed by atoms with van der Waals surface area (Å²) in [7, 11) is 0. The minimum absolute atomic E-state index is 0.335. The van der Waals surface area contributed by atoms with Crippen molar-refractivity contribution in [3.63, 3.8) is 0 Å². The van der Waals surface area contributed by atoms with E-state index in [1.807, 2.05) is 0 Å². The Balaban J connectivity index is 2.89. The molecule has 2 aromatic heterocycles. The Bertz CT molecular complexity index is 617. The van der Waals surface area contributed by atoms with Gasteiger partial charge in [-0.25, -0.2) is 4.98 Å². The molecule has 0 aliphatic carbocycles. The fourth-order valence-corrected chi connectivity index (χ4v) is 2.29. The van der Waals surface area contributed by atoms with Crippen LogP contribution in [0.3, 0.4) is 0 Å². The molecule has 2 aromatic rings. The summed E-state index contributed by atoms with van der Waals surface area (Å²) in [5, 5.41) is -0.782. The van der Waals surface area contributed by atoms with Crippen molar-refractivity contribution < 1.29 is 17.6 Å². The average molecular weight is 317 g/mol. The molecule has 0 aliphatic heterocycles. The summed E-state index contributed by atoms with van der Waals surface area (Å²) in [6, 6.07) is 0. The van der Waals surface area contributed by atoms with Crippen LogP contribution >= 0.6 is 27.3 Å². The second-order valence-electron chi connectivity index (χ2n) is 2.77. The molecule has 0 spiro atoms. The van der Waals surface area contributed by atoms with Crippen LogP contribution in [0.2, 0.25) is 0 Å². The minimum Gasteiger partial charge on any atom is -0.268 e. The summed E-state index contributed by atoms with van der Waals surface area (Å²) in [4.78, 5) is 14.3. The number of fused-ring (bicyclic) bond motifs is 1. The van der Waals surface area contributed by atoms with E-state index in [2.05, 4.69) is 20.9 Å². The summed E-state index contributed by atoms with van der Waals surface area (Å²) < 4.78 is 50.1. The number of alkyl halides is 3. The highest BCUT2D eigenvalue weighted by atomic mass is 79.9. The van der Waals surface area contributed by atoms with Crippen molar-refractivity contribution in [2.24, 2.45) is 0 Å². The van der Waals surface area contributed by atoms with Crippen LogP contribution < -0.4 is 5.56 Å². The highest BCUT2D eigenvalue weighted by Gasteiger charge is 2.37. The number of thiazole rings is 1. The molecule has 0 aliphatic rings. The van der Waals surface area contributed by atoms with Crippen molar-refractivity contribution in [2.75, 3.05) is 0 Å². The SMILES string of the molecule is O=c1c(Br)c(C(F)(F)F)nc2sc(F)cn12. The molecule has 0 saturated heterocycles. The second-order valence-corrected chi connectivity index (χ2v) is 4.52. The highest BCUT2D eigenvalue weighted by Crippen LogP contribution is 2.32. The Hall–Kier alpha value is -0.960. The van der Waals surface area contributed by atoms with Gasteiger partial charge in [0.05, 0.1) is 6.20 Å². The van der Waals surface area contributed by atoms with Crippen LogP contribution in [-0.2, 0) is 6.18 Å². The average Bonchev–Trinajstić information content (AvgIpc) is 2.51. The normalized spacial score (nSPS) is 12.3. The Kier molecular flexibility index (Phi) is 2.54. The summed E-state index contributed by atoms with van der Waals surface area (Å²) in [5.74, 6) is 0. The van der Waals surface area contributed by atoms with Crippen LogP contribution in [-0.4, -0.2) is 9.38 Å². The van der Waals surface area contributed by atoms with Crippen LogP contribution in [0.5, 0.6) is 0 Å². The maximum Gasteiger partial charge on any atom is 0.434 e. The fourth-order valence-electron chi connectivity index (χ4n) is 1.08. The van der Waals surface area contributed by atoms with Crippen molar-refractivity contribution >= 4 is 32.2 Å². The standard InChI is InChI=1S/C7HBrF4N2OS/c8-3-4(7(10,11)12)13-6-14(5(3)15)1-2(9)16-6/h1H. The first-order valence-corrected chi connectivity index (χ1v) is 5.36. The lowest BCUT2D eigenvalue weighted by Crippen LogP contribution is -2.21. The zero-order valence-electron chi connectivity index (χ0n) is 7.18. The quantitative estimate of drug-likeness (QED) is 0.700. The van der Waals surface area contributed by atoms with Gasteiger partial charge in [0.1, 0.15) is 4.47 Å². The van der Waals surface area contributed by atoms with E-state index in [1.165, 1.54) is 0 Å². The van der Waals surface area contributed by atoms with Gasteiger partial charge in [-0.3, -0.25) is 9.20 Å². The topological polar surface area (TPSA) is 34.4 Å². The molecule has 0 saturated carbocycles. The lowest BCUT2D eigenvalue weighted by Gasteiger charge is -2.06. The molecular weight excluding hydrogens is 316 g/mol. The summed E-state index contributed by atoms with van der Waals surface area (Å²) in [6.45, 7) is 0.